The van der Waals surface area contributed by atoms with Crippen LogP contribution in [0.3, 0.4) is 0 Å². The number of aryl methyl sites for hydroxylation is 1. The second-order valence-electron chi connectivity index (χ2n) is 5.71. The summed E-state index contributed by atoms with van der Waals surface area (Å²) in [4.78, 5) is 18.0. The van der Waals surface area contributed by atoms with Gasteiger partial charge in [-0.15, -0.1) is 0 Å². The maximum Gasteiger partial charge on any atom is 0.260 e. The summed E-state index contributed by atoms with van der Waals surface area (Å²) in [5, 5.41) is 13.6. The number of amides is 1. The van der Waals surface area contributed by atoms with E-state index in [1.54, 1.807) is 13.8 Å². The van der Waals surface area contributed by atoms with Crippen LogP contribution < -0.4 is 4.74 Å². The van der Waals surface area contributed by atoms with E-state index in [4.69, 9.17) is 9.26 Å². The Balaban J connectivity index is 1.98. The van der Waals surface area contributed by atoms with Crippen molar-refractivity contribution in [3.63, 3.8) is 0 Å². The Morgan fingerprint density at radius 3 is 2.88 bits per heavy atom. The summed E-state index contributed by atoms with van der Waals surface area (Å²) in [6.45, 7) is 3.33. The number of nitrogens with zero attached hydrogens (tertiary/aromatic N) is 3. The summed E-state index contributed by atoms with van der Waals surface area (Å²) in [5.74, 6) is -2.73. The van der Waals surface area contributed by atoms with Crippen LogP contribution in [0, 0.1) is 18.6 Å². The van der Waals surface area contributed by atoms with Crippen molar-refractivity contribution in [3.05, 3.63) is 41.0 Å². The molecule has 1 aromatic heterocycles. The minimum Gasteiger partial charge on any atom is -0.491 e. The lowest BCUT2D eigenvalue weighted by molar-refractivity contribution is 0.0682. The van der Waals surface area contributed by atoms with Crippen molar-refractivity contribution >= 4 is 5.91 Å². The van der Waals surface area contributed by atoms with Crippen LogP contribution in [-0.2, 0) is 0 Å². The molecule has 134 valence electrons. The average molecular weight is 353 g/mol. The Morgan fingerprint density at radius 2 is 2.24 bits per heavy atom. The molecular weight excluding hydrogens is 336 g/mol. The number of β-amino-alcohol motifs (C(OH)–C–C–N with tert-alkyl or cyclic N) is 1. The summed E-state index contributed by atoms with van der Waals surface area (Å²) >= 11 is 0. The lowest BCUT2D eigenvalue weighted by atomic mass is 10.1. The van der Waals surface area contributed by atoms with E-state index in [1.807, 2.05) is 0 Å². The van der Waals surface area contributed by atoms with Gasteiger partial charge in [0.1, 0.15) is 17.4 Å². The van der Waals surface area contributed by atoms with Crippen molar-refractivity contribution in [3.8, 4) is 5.75 Å². The second-order valence-corrected chi connectivity index (χ2v) is 5.71. The maximum atomic E-state index is 14.5. The number of benzene rings is 1. The molecule has 0 radical (unpaired) electrons. The van der Waals surface area contributed by atoms with Crippen LogP contribution in [0.15, 0.2) is 16.7 Å². The SMILES string of the molecule is CCOc1ccc(F)c(C(=O)N2C[C@@H](O)C[C@@H]2c2nc(C)no2)c1F. The Bertz CT molecular complexity index is 796. The number of aliphatic hydroxyl groups is 1. The van der Waals surface area contributed by atoms with Crippen LogP contribution in [0.1, 0.15) is 41.5 Å². The van der Waals surface area contributed by atoms with Gasteiger partial charge in [0, 0.05) is 13.0 Å². The summed E-state index contributed by atoms with van der Waals surface area (Å²) < 4.78 is 38.8. The molecule has 0 spiro atoms. The predicted molar refractivity (Wildman–Crippen MR) is 81.0 cm³/mol. The molecule has 1 aliphatic rings. The molecule has 3 rings (SSSR count). The highest BCUT2D eigenvalue weighted by Crippen LogP contribution is 2.34. The highest BCUT2D eigenvalue weighted by Gasteiger charge is 2.40. The molecule has 7 nitrogen and oxygen atoms in total. The van der Waals surface area contributed by atoms with Crippen molar-refractivity contribution in [2.45, 2.75) is 32.4 Å². The molecule has 2 heterocycles. The zero-order valence-electron chi connectivity index (χ0n) is 13.7. The third-order valence-electron chi connectivity index (χ3n) is 3.94. The van der Waals surface area contributed by atoms with Crippen LogP contribution in [0.4, 0.5) is 8.78 Å². The molecule has 1 aromatic carbocycles. The number of ether oxygens (including phenoxy) is 1. The predicted octanol–water partition coefficient (Wildman–Crippen LogP) is 2.00. The smallest absolute Gasteiger partial charge is 0.260 e. The summed E-state index contributed by atoms with van der Waals surface area (Å²) in [6.07, 6.45) is -0.718. The lowest BCUT2D eigenvalue weighted by Crippen LogP contribution is -2.33. The van der Waals surface area contributed by atoms with Crippen LogP contribution in [0.5, 0.6) is 5.75 Å². The van der Waals surface area contributed by atoms with E-state index >= 15 is 0 Å². The van der Waals surface area contributed by atoms with Gasteiger partial charge in [0.15, 0.2) is 17.4 Å². The van der Waals surface area contributed by atoms with E-state index < -0.39 is 35.3 Å². The molecule has 0 unspecified atom stereocenters. The van der Waals surface area contributed by atoms with Gasteiger partial charge in [0.2, 0.25) is 5.89 Å². The largest absolute Gasteiger partial charge is 0.491 e. The van der Waals surface area contributed by atoms with Crippen molar-refractivity contribution in [1.29, 1.82) is 0 Å². The monoisotopic (exact) mass is 353 g/mol. The third kappa shape index (κ3) is 3.19. The van der Waals surface area contributed by atoms with E-state index in [1.165, 1.54) is 0 Å². The molecule has 25 heavy (non-hydrogen) atoms. The maximum absolute atomic E-state index is 14.5. The van der Waals surface area contributed by atoms with Gasteiger partial charge in [-0.05, 0) is 26.0 Å². The quantitative estimate of drug-likeness (QED) is 0.904. The van der Waals surface area contributed by atoms with Crippen LogP contribution in [0.25, 0.3) is 0 Å². The first-order chi connectivity index (χ1) is 11.9. The zero-order chi connectivity index (χ0) is 18.1. The molecule has 1 aliphatic heterocycles. The van der Waals surface area contributed by atoms with Crippen molar-refractivity contribution in [1.82, 2.24) is 15.0 Å². The van der Waals surface area contributed by atoms with Gasteiger partial charge in [0.25, 0.3) is 5.91 Å². The molecular formula is C16H17F2N3O4. The number of halogens is 2. The number of rotatable bonds is 4. The fraction of sp³-hybridized carbons (Fsp3) is 0.438. The number of carbonyl (C=O) groups is 1. The molecule has 2 aromatic rings. The normalized spacial score (nSPS) is 20.1. The topological polar surface area (TPSA) is 88.7 Å². The number of likely N-dealkylation sites (tertiary alicyclic amines) is 1. The van der Waals surface area contributed by atoms with Gasteiger partial charge < -0.3 is 19.3 Å². The zero-order valence-corrected chi connectivity index (χ0v) is 13.7. The molecule has 1 fully saturated rings. The first-order valence-electron chi connectivity index (χ1n) is 7.82. The first-order valence-corrected chi connectivity index (χ1v) is 7.82. The Kier molecular flexibility index (Phi) is 4.67. The van der Waals surface area contributed by atoms with Crippen LogP contribution >= 0.6 is 0 Å². The highest BCUT2D eigenvalue weighted by molar-refractivity contribution is 5.95. The van der Waals surface area contributed by atoms with E-state index in [-0.39, 0.29) is 31.2 Å². The standard InChI is InChI=1S/C16H17F2N3O4/c1-3-24-12-5-4-10(17)13(14(12)18)16(23)21-7-9(22)6-11(21)15-19-8(2)20-25-15/h4-5,9,11,22H,3,6-7H2,1-2H3/t9-,11+/m0/s1. The van der Waals surface area contributed by atoms with Gasteiger partial charge in [-0.1, -0.05) is 5.16 Å². The van der Waals surface area contributed by atoms with E-state index in [0.717, 1.165) is 17.0 Å². The fourth-order valence-electron chi connectivity index (χ4n) is 2.86. The number of carbonyl (C=O) groups excluding carboxylic acids is 1. The van der Waals surface area contributed by atoms with Gasteiger partial charge in [-0.3, -0.25) is 4.79 Å². The van der Waals surface area contributed by atoms with E-state index in [0.29, 0.717) is 5.82 Å². The van der Waals surface area contributed by atoms with Gasteiger partial charge in [0.05, 0.1) is 12.7 Å². The second kappa shape index (κ2) is 6.75. The van der Waals surface area contributed by atoms with Crippen molar-refractivity contribution in [2.24, 2.45) is 0 Å². The molecule has 1 amide bonds. The molecule has 1 N–H and O–H groups in total. The van der Waals surface area contributed by atoms with Gasteiger partial charge in [-0.25, -0.2) is 8.78 Å². The fourth-order valence-corrected chi connectivity index (χ4v) is 2.86. The van der Waals surface area contributed by atoms with Crippen molar-refractivity contribution in [2.75, 3.05) is 13.2 Å². The number of hydrogen-bond acceptors (Lipinski definition) is 6. The summed E-state index contributed by atoms with van der Waals surface area (Å²) in [6, 6.07) is 1.35. The molecule has 1 saturated heterocycles. The van der Waals surface area contributed by atoms with E-state index in [2.05, 4.69) is 10.1 Å². The van der Waals surface area contributed by atoms with Gasteiger partial charge >= 0.3 is 0 Å². The summed E-state index contributed by atoms with van der Waals surface area (Å²) in [7, 11) is 0. The Labute approximate surface area is 142 Å². The third-order valence-corrected chi connectivity index (χ3v) is 3.94. The minimum atomic E-state index is -1.08. The van der Waals surface area contributed by atoms with E-state index in [9.17, 15) is 18.7 Å². The number of aliphatic hydroxyl groups excluding tert-OH is 1. The van der Waals surface area contributed by atoms with Crippen LogP contribution in [0.2, 0.25) is 0 Å². The molecule has 0 saturated carbocycles. The molecule has 0 bridgehead atoms. The Hall–Kier alpha value is -2.55. The summed E-state index contributed by atoms with van der Waals surface area (Å²) in [5.41, 5.74) is -0.735. The van der Waals surface area contributed by atoms with Gasteiger partial charge in [-0.2, -0.15) is 4.98 Å². The lowest BCUT2D eigenvalue weighted by Gasteiger charge is -2.22. The average Bonchev–Trinajstić information content (AvgIpc) is 3.16. The molecule has 9 heteroatoms. The highest BCUT2D eigenvalue weighted by atomic mass is 19.1. The van der Waals surface area contributed by atoms with Crippen molar-refractivity contribution < 1.29 is 27.9 Å². The minimum absolute atomic E-state index is 0.0946. The van der Waals surface area contributed by atoms with Crippen LogP contribution in [-0.4, -0.2) is 45.3 Å². The molecule has 0 aliphatic carbocycles. The number of hydrogen-bond donors (Lipinski definition) is 1. The Morgan fingerprint density at radius 1 is 1.48 bits per heavy atom. The molecule has 2 atom stereocenters. The first kappa shape index (κ1) is 17.3. The number of aromatic nitrogens is 2.